The van der Waals surface area contributed by atoms with Gasteiger partial charge in [0, 0.05) is 75.5 Å². The third kappa shape index (κ3) is 12.0. The van der Waals surface area contributed by atoms with Crippen molar-refractivity contribution < 1.29 is 4.74 Å². The van der Waals surface area contributed by atoms with Crippen LogP contribution in [0.4, 0.5) is 17.1 Å². The molecule has 0 amide bonds. The second-order valence-electron chi connectivity index (χ2n) is 16.2. The molecule has 4 heterocycles. The Labute approximate surface area is 312 Å². The first-order valence-corrected chi connectivity index (χ1v) is 20.6. The van der Waals surface area contributed by atoms with Gasteiger partial charge in [0.2, 0.25) is 0 Å². The predicted molar refractivity (Wildman–Crippen MR) is 221 cm³/mol. The number of hydrogen-bond acceptors (Lipinski definition) is 5. The Morgan fingerprint density at radius 1 is 0.412 bits per heavy atom. The lowest BCUT2D eigenvalue weighted by molar-refractivity contribution is 0.0115. The molecule has 5 nitrogen and oxygen atoms in total. The van der Waals surface area contributed by atoms with Gasteiger partial charge in [0.15, 0.2) is 0 Å². The second-order valence-corrected chi connectivity index (χ2v) is 16.2. The van der Waals surface area contributed by atoms with Crippen LogP contribution in [0.25, 0.3) is 0 Å². The maximum absolute atomic E-state index is 5.46. The number of anilines is 3. The van der Waals surface area contributed by atoms with E-state index in [1.807, 2.05) is 0 Å². The molecule has 0 bridgehead atoms. The summed E-state index contributed by atoms with van der Waals surface area (Å²) in [5.41, 5.74) is 8.51. The largest absolute Gasteiger partial charge is 0.379 e. The van der Waals surface area contributed by atoms with E-state index in [0.717, 1.165) is 32.3 Å². The molecule has 4 fully saturated rings. The summed E-state index contributed by atoms with van der Waals surface area (Å²) in [5, 5.41) is 0. The van der Waals surface area contributed by atoms with E-state index in [0.29, 0.717) is 17.8 Å². The predicted octanol–water partition coefficient (Wildman–Crippen LogP) is 10.7. The van der Waals surface area contributed by atoms with Crippen molar-refractivity contribution in [1.29, 1.82) is 0 Å². The van der Waals surface area contributed by atoms with Gasteiger partial charge in [-0.2, -0.15) is 0 Å². The van der Waals surface area contributed by atoms with Crippen molar-refractivity contribution in [3.8, 4) is 0 Å². The molecule has 5 heteroatoms. The Morgan fingerprint density at radius 3 is 1.04 bits per heavy atom. The summed E-state index contributed by atoms with van der Waals surface area (Å²) in [7, 11) is 0. The number of rotatable bonds is 7. The van der Waals surface area contributed by atoms with E-state index in [1.54, 1.807) is 0 Å². The smallest absolute Gasteiger partial charge is 0.0594 e. The van der Waals surface area contributed by atoms with Crippen LogP contribution in [0.3, 0.4) is 0 Å². The molecule has 3 aromatic rings. The van der Waals surface area contributed by atoms with Crippen LogP contribution in [0.15, 0.2) is 72.8 Å². The fraction of sp³-hybridized carbons (Fsp3) is 0.609. The molecule has 0 aliphatic carbocycles. The monoisotopic (exact) mass is 695 g/mol. The number of benzene rings is 3. The Hall–Kier alpha value is -3.02. The zero-order valence-electron chi connectivity index (χ0n) is 33.2. The van der Waals surface area contributed by atoms with Crippen molar-refractivity contribution in [2.24, 2.45) is 0 Å². The zero-order chi connectivity index (χ0) is 36.0. The molecule has 51 heavy (non-hydrogen) atoms. The molecule has 4 aliphatic rings. The van der Waals surface area contributed by atoms with Gasteiger partial charge in [-0.1, -0.05) is 77.9 Å². The van der Waals surface area contributed by atoms with Crippen LogP contribution in [0.1, 0.15) is 127 Å². The fourth-order valence-electron chi connectivity index (χ4n) is 7.95. The van der Waals surface area contributed by atoms with Crippen LogP contribution in [0.5, 0.6) is 0 Å². The highest BCUT2D eigenvalue weighted by Gasteiger charge is 2.26. The van der Waals surface area contributed by atoms with Crippen LogP contribution in [-0.4, -0.2) is 76.5 Å². The SMILES string of the molecule is CC(C)c1ccc(N2CCC(N3CCOCC3)CC2)cc1.CC(C)c1ccc(N2CCCCC2)cc1.CC(C)c1ccc(N2CCCCC2)cc1. The maximum Gasteiger partial charge on any atom is 0.0594 e. The summed E-state index contributed by atoms with van der Waals surface area (Å²) in [6, 6.07) is 28.1. The minimum Gasteiger partial charge on any atom is -0.379 e. The average molecular weight is 695 g/mol. The molecule has 0 saturated carbocycles. The van der Waals surface area contributed by atoms with Gasteiger partial charge >= 0.3 is 0 Å². The van der Waals surface area contributed by atoms with E-state index in [9.17, 15) is 0 Å². The first-order chi connectivity index (χ1) is 24.8. The number of ether oxygens (including phenoxy) is 1. The van der Waals surface area contributed by atoms with Crippen LogP contribution in [-0.2, 0) is 4.74 Å². The normalized spacial score (nSPS) is 19.1. The summed E-state index contributed by atoms with van der Waals surface area (Å²) in [6.45, 7) is 24.9. The maximum atomic E-state index is 5.46. The molecule has 0 aromatic heterocycles. The van der Waals surface area contributed by atoms with E-state index in [4.69, 9.17) is 4.74 Å². The quantitative estimate of drug-likeness (QED) is 0.245. The van der Waals surface area contributed by atoms with Gasteiger partial charge in [0.05, 0.1) is 13.2 Å². The van der Waals surface area contributed by atoms with Gasteiger partial charge in [-0.25, -0.2) is 0 Å². The molecular weight excluding hydrogens is 625 g/mol. The Bertz CT molecular complexity index is 1290. The highest BCUT2D eigenvalue weighted by atomic mass is 16.5. The Balaban J connectivity index is 0.000000152. The van der Waals surface area contributed by atoms with Crippen molar-refractivity contribution in [3.05, 3.63) is 89.5 Å². The van der Waals surface area contributed by atoms with Gasteiger partial charge in [-0.05, 0) is 122 Å². The Morgan fingerprint density at radius 2 is 0.725 bits per heavy atom. The first-order valence-electron chi connectivity index (χ1n) is 20.6. The van der Waals surface area contributed by atoms with E-state index in [-0.39, 0.29) is 0 Å². The van der Waals surface area contributed by atoms with Gasteiger partial charge in [0.1, 0.15) is 0 Å². The van der Waals surface area contributed by atoms with Crippen LogP contribution in [0, 0.1) is 0 Å². The van der Waals surface area contributed by atoms with Crippen LogP contribution >= 0.6 is 0 Å². The van der Waals surface area contributed by atoms with Crippen molar-refractivity contribution in [2.45, 2.75) is 117 Å². The summed E-state index contributed by atoms with van der Waals surface area (Å²) in [4.78, 5) is 10.2. The average Bonchev–Trinajstić information content (AvgIpc) is 3.19. The molecule has 4 aliphatic heterocycles. The molecule has 3 aromatic carbocycles. The second kappa shape index (κ2) is 20.3. The minimum absolute atomic E-state index is 0.617. The molecule has 4 saturated heterocycles. The topological polar surface area (TPSA) is 22.2 Å². The van der Waals surface area contributed by atoms with Gasteiger partial charge in [-0.3, -0.25) is 4.90 Å². The molecule has 7 rings (SSSR count). The molecule has 0 atom stereocenters. The number of piperidine rings is 3. The van der Waals surface area contributed by atoms with Crippen LogP contribution < -0.4 is 14.7 Å². The highest BCUT2D eigenvalue weighted by Crippen LogP contribution is 2.26. The van der Waals surface area contributed by atoms with E-state index in [1.165, 1.54) is 124 Å². The van der Waals surface area contributed by atoms with Crippen molar-refractivity contribution in [3.63, 3.8) is 0 Å². The van der Waals surface area contributed by atoms with E-state index in [2.05, 4.69) is 134 Å². The minimum atomic E-state index is 0.617. The fourth-order valence-corrected chi connectivity index (χ4v) is 7.95. The molecule has 0 unspecified atom stereocenters. The molecule has 0 spiro atoms. The first kappa shape index (κ1) is 39.2. The van der Waals surface area contributed by atoms with Crippen LogP contribution in [0.2, 0.25) is 0 Å². The summed E-state index contributed by atoms with van der Waals surface area (Å²) in [6.07, 6.45) is 10.8. The highest BCUT2D eigenvalue weighted by molar-refractivity contribution is 5.50. The molecular formula is C46H70N4O. The lowest BCUT2D eigenvalue weighted by Crippen LogP contribution is -2.49. The van der Waals surface area contributed by atoms with Crippen molar-refractivity contribution >= 4 is 17.1 Å². The summed E-state index contributed by atoms with van der Waals surface area (Å²) in [5.74, 6) is 1.90. The zero-order valence-corrected chi connectivity index (χ0v) is 33.2. The van der Waals surface area contributed by atoms with E-state index >= 15 is 0 Å². The van der Waals surface area contributed by atoms with Gasteiger partial charge in [-0.15, -0.1) is 0 Å². The van der Waals surface area contributed by atoms with Crippen molar-refractivity contribution in [1.82, 2.24) is 4.90 Å². The lowest BCUT2D eigenvalue weighted by Gasteiger charge is -2.40. The third-order valence-corrected chi connectivity index (χ3v) is 11.5. The Kier molecular flexibility index (Phi) is 15.6. The lowest BCUT2D eigenvalue weighted by atomic mass is 10.0. The number of nitrogens with zero attached hydrogens (tertiary/aromatic N) is 4. The molecule has 0 N–H and O–H groups in total. The summed E-state index contributed by atoms with van der Waals surface area (Å²) < 4.78 is 5.46. The number of morpholine rings is 1. The van der Waals surface area contributed by atoms with E-state index < -0.39 is 0 Å². The van der Waals surface area contributed by atoms with Crippen molar-refractivity contribution in [2.75, 3.05) is 80.3 Å². The molecule has 0 radical (unpaired) electrons. The third-order valence-electron chi connectivity index (χ3n) is 11.5. The molecule has 280 valence electrons. The standard InChI is InChI=1S/C18H28N2O.2C14H21N/c1-15(2)16-3-5-17(6-4-16)19-9-7-18(8-10-19)20-11-13-21-14-12-20;2*1-12(2)13-6-8-14(9-7-13)15-10-4-3-5-11-15/h3-6,15,18H,7-14H2,1-2H3;2*6-9,12H,3-5,10-11H2,1-2H3. The van der Waals surface area contributed by atoms with Gasteiger partial charge < -0.3 is 19.4 Å². The number of hydrogen-bond donors (Lipinski definition) is 0. The summed E-state index contributed by atoms with van der Waals surface area (Å²) >= 11 is 0. The van der Waals surface area contributed by atoms with Gasteiger partial charge in [0.25, 0.3) is 0 Å².